The third-order valence-corrected chi connectivity index (χ3v) is 7.57. The summed E-state index contributed by atoms with van der Waals surface area (Å²) in [5.74, 6) is 2.32. The van der Waals surface area contributed by atoms with Crippen LogP contribution in [0, 0.1) is 23.2 Å². The lowest BCUT2D eigenvalue weighted by Gasteiger charge is -2.49. The van der Waals surface area contributed by atoms with E-state index in [1.54, 1.807) is 14.2 Å². The van der Waals surface area contributed by atoms with E-state index in [1.807, 2.05) is 18.2 Å². The molecule has 158 valence electrons. The zero-order valence-corrected chi connectivity index (χ0v) is 17.9. The zero-order valence-electron chi connectivity index (χ0n) is 17.9. The van der Waals surface area contributed by atoms with Gasteiger partial charge in [0.05, 0.1) is 20.8 Å². The van der Waals surface area contributed by atoms with E-state index in [0.29, 0.717) is 11.8 Å². The molecule has 29 heavy (non-hydrogen) atoms. The number of nitrogens with two attached hydrogens (primary N) is 1. The van der Waals surface area contributed by atoms with Crippen LogP contribution in [0.1, 0.15) is 44.6 Å². The van der Waals surface area contributed by atoms with Crippen LogP contribution in [0.4, 0.5) is 0 Å². The second kappa shape index (κ2) is 8.02. The van der Waals surface area contributed by atoms with Gasteiger partial charge >= 0.3 is 5.97 Å². The molecule has 2 aliphatic carbocycles. The summed E-state index contributed by atoms with van der Waals surface area (Å²) in [6.45, 7) is 8.33. The lowest BCUT2D eigenvalue weighted by molar-refractivity contribution is -0.675. The Labute approximate surface area is 173 Å². The molecular formula is C24H34NO4+. The second-order valence-corrected chi connectivity index (χ2v) is 9.32. The predicted octanol–water partition coefficient (Wildman–Crippen LogP) is 3.08. The number of benzene rings is 1. The third kappa shape index (κ3) is 3.77. The van der Waals surface area contributed by atoms with E-state index in [9.17, 15) is 4.79 Å². The minimum Gasteiger partial charge on any atom is -0.493 e. The van der Waals surface area contributed by atoms with Crippen LogP contribution >= 0.6 is 0 Å². The summed E-state index contributed by atoms with van der Waals surface area (Å²) < 4.78 is 16.6. The second-order valence-electron chi connectivity index (χ2n) is 9.32. The van der Waals surface area contributed by atoms with Gasteiger partial charge in [0, 0.05) is 11.5 Å². The summed E-state index contributed by atoms with van der Waals surface area (Å²) in [6.07, 6.45) is 5.74. The highest BCUT2D eigenvalue weighted by atomic mass is 16.6. The molecular weight excluding hydrogens is 366 g/mol. The number of fused-ring (bicyclic) bond motifs is 2. The van der Waals surface area contributed by atoms with Gasteiger partial charge in [0.1, 0.15) is 18.6 Å². The van der Waals surface area contributed by atoms with Crippen LogP contribution in [0.5, 0.6) is 11.5 Å². The van der Waals surface area contributed by atoms with E-state index < -0.39 is 0 Å². The van der Waals surface area contributed by atoms with Crippen molar-refractivity contribution in [2.45, 2.75) is 51.7 Å². The molecule has 2 saturated carbocycles. The van der Waals surface area contributed by atoms with Crippen molar-refractivity contribution < 1.29 is 24.3 Å². The maximum atomic E-state index is 12.7. The molecule has 1 aromatic carbocycles. The monoisotopic (exact) mass is 400 g/mol. The standard InChI is InChI=1S/C24H33NO4/c1-15-6-5-9-24(2)12-22-17(11-19(15)24)18(23(26)29-22)14-25-13-16-7-8-20(27-3)21(10-16)28-4/h7-8,10,17-19,22,25H,1,5-6,9,11-14H2,2-4H3/p+1/t17-,18+,19-,22-,24-/m1/s1. The van der Waals surface area contributed by atoms with Gasteiger partial charge in [-0.15, -0.1) is 0 Å². The molecule has 4 rings (SSSR count). The quantitative estimate of drug-likeness (QED) is 0.589. The van der Waals surface area contributed by atoms with E-state index in [4.69, 9.17) is 14.2 Å². The van der Waals surface area contributed by atoms with Gasteiger partial charge < -0.3 is 19.5 Å². The van der Waals surface area contributed by atoms with Crippen molar-refractivity contribution >= 4 is 5.97 Å². The molecule has 1 saturated heterocycles. The molecule has 5 atom stereocenters. The first-order chi connectivity index (χ1) is 13.9. The van der Waals surface area contributed by atoms with Crippen LogP contribution < -0.4 is 14.8 Å². The van der Waals surface area contributed by atoms with Gasteiger partial charge in [-0.25, -0.2) is 0 Å². The Morgan fingerprint density at radius 2 is 2.07 bits per heavy atom. The summed E-state index contributed by atoms with van der Waals surface area (Å²) in [6, 6.07) is 5.98. The molecule has 0 aromatic heterocycles. The van der Waals surface area contributed by atoms with Crippen LogP contribution in [-0.2, 0) is 16.1 Å². The Hall–Kier alpha value is -2.01. The van der Waals surface area contributed by atoms with Crippen molar-refractivity contribution in [3.63, 3.8) is 0 Å². The van der Waals surface area contributed by atoms with Crippen LogP contribution in [-0.4, -0.2) is 32.8 Å². The fourth-order valence-corrected chi connectivity index (χ4v) is 5.96. The molecule has 3 aliphatic rings. The molecule has 2 N–H and O–H groups in total. The fourth-order valence-electron chi connectivity index (χ4n) is 5.96. The van der Waals surface area contributed by atoms with Gasteiger partial charge in [0.25, 0.3) is 0 Å². The number of hydrogen-bond acceptors (Lipinski definition) is 4. The van der Waals surface area contributed by atoms with Crippen LogP contribution in [0.2, 0.25) is 0 Å². The largest absolute Gasteiger partial charge is 0.493 e. The van der Waals surface area contributed by atoms with Crippen LogP contribution in [0.25, 0.3) is 0 Å². The molecule has 5 heteroatoms. The number of quaternary nitrogens is 1. The molecule has 1 aliphatic heterocycles. The topological polar surface area (TPSA) is 61.4 Å². The molecule has 1 aromatic rings. The van der Waals surface area contributed by atoms with Gasteiger partial charge in [0.2, 0.25) is 0 Å². The number of carbonyl (C=O) groups is 1. The summed E-state index contributed by atoms with van der Waals surface area (Å²) in [4.78, 5) is 12.7. The highest BCUT2D eigenvalue weighted by molar-refractivity contribution is 5.75. The molecule has 0 spiro atoms. The average Bonchev–Trinajstić information content (AvgIpc) is 3.00. The summed E-state index contributed by atoms with van der Waals surface area (Å²) in [5, 5.41) is 2.22. The Morgan fingerprint density at radius 3 is 2.83 bits per heavy atom. The fraction of sp³-hybridized carbons (Fsp3) is 0.625. The van der Waals surface area contributed by atoms with Gasteiger partial charge in [0.15, 0.2) is 11.5 Å². The molecule has 0 radical (unpaired) electrons. The van der Waals surface area contributed by atoms with Crippen molar-refractivity contribution in [2.75, 3.05) is 20.8 Å². The third-order valence-electron chi connectivity index (χ3n) is 7.57. The summed E-state index contributed by atoms with van der Waals surface area (Å²) in [7, 11) is 3.29. The minimum absolute atomic E-state index is 0.00331. The molecule has 1 heterocycles. The number of ether oxygens (including phenoxy) is 3. The number of allylic oxidation sites excluding steroid dienone is 1. The maximum absolute atomic E-state index is 12.7. The minimum atomic E-state index is -0.0144. The maximum Gasteiger partial charge on any atom is 0.315 e. The SMILES string of the molecule is C=C1CCC[C@]2(C)C[C@H]3OC(=O)[C@@H](C[NH2+]Cc4ccc(OC)c(OC)c4)[C@H]3C[C@H]12. The van der Waals surface area contributed by atoms with Gasteiger partial charge in [-0.3, -0.25) is 4.79 Å². The number of rotatable bonds is 6. The van der Waals surface area contributed by atoms with Crippen LogP contribution in [0.3, 0.4) is 0 Å². The van der Waals surface area contributed by atoms with Crippen molar-refractivity contribution in [1.82, 2.24) is 0 Å². The highest BCUT2D eigenvalue weighted by Crippen LogP contribution is 2.56. The van der Waals surface area contributed by atoms with E-state index in [-0.39, 0.29) is 23.4 Å². The molecule has 0 unspecified atom stereocenters. The molecule has 5 nitrogen and oxygen atoms in total. The normalized spacial score (nSPS) is 33.6. The molecule has 0 bridgehead atoms. The number of carbonyl (C=O) groups excluding carboxylic acids is 1. The van der Waals surface area contributed by atoms with Gasteiger partial charge in [-0.2, -0.15) is 0 Å². The zero-order chi connectivity index (χ0) is 20.6. The van der Waals surface area contributed by atoms with Gasteiger partial charge in [-0.1, -0.05) is 19.1 Å². The number of esters is 1. The van der Waals surface area contributed by atoms with E-state index in [0.717, 1.165) is 49.4 Å². The summed E-state index contributed by atoms with van der Waals surface area (Å²) in [5.41, 5.74) is 2.81. The average molecular weight is 401 g/mol. The van der Waals surface area contributed by atoms with Crippen molar-refractivity contribution in [2.24, 2.45) is 23.2 Å². The Kier molecular flexibility index (Phi) is 5.60. The lowest BCUT2D eigenvalue weighted by atomic mass is 9.55. The number of hydrogen-bond donors (Lipinski definition) is 1. The van der Waals surface area contributed by atoms with Crippen molar-refractivity contribution in [3.8, 4) is 11.5 Å². The molecule has 3 fully saturated rings. The van der Waals surface area contributed by atoms with Crippen molar-refractivity contribution in [1.29, 1.82) is 0 Å². The van der Waals surface area contributed by atoms with Gasteiger partial charge in [-0.05, 0) is 61.6 Å². The smallest absolute Gasteiger partial charge is 0.315 e. The first kappa shape index (κ1) is 20.3. The van der Waals surface area contributed by atoms with E-state index in [2.05, 4.69) is 18.8 Å². The first-order valence-corrected chi connectivity index (χ1v) is 10.9. The summed E-state index contributed by atoms with van der Waals surface area (Å²) >= 11 is 0. The Morgan fingerprint density at radius 1 is 1.28 bits per heavy atom. The van der Waals surface area contributed by atoms with E-state index in [1.165, 1.54) is 18.4 Å². The lowest BCUT2D eigenvalue weighted by Crippen LogP contribution is -2.84. The van der Waals surface area contributed by atoms with Crippen molar-refractivity contribution in [3.05, 3.63) is 35.9 Å². The number of methoxy groups -OCH3 is 2. The predicted molar refractivity (Wildman–Crippen MR) is 111 cm³/mol. The first-order valence-electron chi connectivity index (χ1n) is 10.9. The molecule has 0 amide bonds. The Balaban J connectivity index is 1.39. The Bertz CT molecular complexity index is 791. The van der Waals surface area contributed by atoms with Crippen LogP contribution in [0.15, 0.2) is 30.4 Å². The highest BCUT2D eigenvalue weighted by Gasteiger charge is 2.55. The van der Waals surface area contributed by atoms with E-state index >= 15 is 0 Å².